The highest BCUT2D eigenvalue weighted by molar-refractivity contribution is 6.01. The van der Waals surface area contributed by atoms with Gasteiger partial charge in [0.1, 0.15) is 11.6 Å². The maximum atomic E-state index is 12.2. The molecule has 0 unspecified atom stereocenters. The van der Waals surface area contributed by atoms with Gasteiger partial charge in [-0.15, -0.1) is 0 Å². The van der Waals surface area contributed by atoms with Gasteiger partial charge >= 0.3 is 0 Å². The molecule has 0 aromatic heterocycles. The lowest BCUT2D eigenvalue weighted by molar-refractivity contribution is -0.127. The molecule has 0 aliphatic carbocycles. The summed E-state index contributed by atoms with van der Waals surface area (Å²) >= 11 is 0. The molecule has 1 aromatic carbocycles. The monoisotopic (exact) mass is 255 g/mol. The van der Waals surface area contributed by atoms with E-state index in [4.69, 9.17) is 11.0 Å². The molecule has 2 rings (SSSR count). The number of carbonyl (C=O) groups excluding carboxylic acids is 1. The molecular weight excluding hydrogens is 238 g/mol. The fourth-order valence-corrected chi connectivity index (χ4v) is 2.13. The Kier molecular flexibility index (Phi) is 4.32. The number of hydrogen-bond acceptors (Lipinski definition) is 3. The standard InChI is InChI=1S/C15H17N3O/c16-11-13(10-12-4-2-1-3-5-12)15(19)18-8-6-14(17)7-9-18/h1-5,10,14H,6-9,17H2. The highest BCUT2D eigenvalue weighted by Gasteiger charge is 2.23. The van der Waals surface area contributed by atoms with Crippen LogP contribution in [0.2, 0.25) is 0 Å². The van der Waals surface area contributed by atoms with Crippen LogP contribution in [0.25, 0.3) is 6.08 Å². The highest BCUT2D eigenvalue weighted by atomic mass is 16.2. The topological polar surface area (TPSA) is 70.1 Å². The van der Waals surface area contributed by atoms with Crippen molar-refractivity contribution in [3.8, 4) is 6.07 Å². The number of carbonyl (C=O) groups is 1. The number of likely N-dealkylation sites (tertiary alicyclic amines) is 1. The van der Waals surface area contributed by atoms with Crippen LogP contribution in [0.1, 0.15) is 18.4 Å². The van der Waals surface area contributed by atoms with Gasteiger partial charge < -0.3 is 10.6 Å². The Bertz CT molecular complexity index is 508. The van der Waals surface area contributed by atoms with Crippen LogP contribution in [0.5, 0.6) is 0 Å². The number of rotatable bonds is 2. The summed E-state index contributed by atoms with van der Waals surface area (Å²) in [5, 5.41) is 9.15. The maximum absolute atomic E-state index is 12.2. The number of piperidine rings is 1. The molecule has 1 heterocycles. The van der Waals surface area contributed by atoms with Crippen molar-refractivity contribution in [2.45, 2.75) is 18.9 Å². The molecule has 0 saturated carbocycles. The molecule has 0 radical (unpaired) electrons. The lowest BCUT2D eigenvalue weighted by Crippen LogP contribution is -2.43. The average Bonchev–Trinajstić information content (AvgIpc) is 2.46. The molecule has 0 atom stereocenters. The van der Waals surface area contributed by atoms with E-state index in [2.05, 4.69) is 0 Å². The predicted octanol–water partition coefficient (Wildman–Crippen LogP) is 1.54. The van der Waals surface area contributed by atoms with Gasteiger partial charge in [-0.3, -0.25) is 4.79 Å². The largest absolute Gasteiger partial charge is 0.338 e. The van der Waals surface area contributed by atoms with Crippen LogP contribution in [-0.4, -0.2) is 29.9 Å². The van der Waals surface area contributed by atoms with Crippen molar-refractivity contribution in [3.05, 3.63) is 41.5 Å². The zero-order valence-electron chi connectivity index (χ0n) is 10.7. The van der Waals surface area contributed by atoms with Crippen LogP contribution >= 0.6 is 0 Å². The van der Waals surface area contributed by atoms with Crippen LogP contribution in [0.3, 0.4) is 0 Å². The Hall–Kier alpha value is -2.12. The molecule has 19 heavy (non-hydrogen) atoms. The van der Waals surface area contributed by atoms with Gasteiger partial charge in [-0.1, -0.05) is 30.3 Å². The van der Waals surface area contributed by atoms with Crippen molar-refractivity contribution in [2.75, 3.05) is 13.1 Å². The summed E-state index contributed by atoms with van der Waals surface area (Å²) in [6.45, 7) is 1.27. The van der Waals surface area contributed by atoms with Crippen molar-refractivity contribution >= 4 is 12.0 Å². The van der Waals surface area contributed by atoms with Gasteiger partial charge in [-0.2, -0.15) is 5.26 Å². The normalized spacial score (nSPS) is 17.1. The third kappa shape index (κ3) is 3.43. The first-order valence-electron chi connectivity index (χ1n) is 6.42. The van der Waals surface area contributed by atoms with Crippen LogP contribution in [0, 0.1) is 11.3 Å². The maximum Gasteiger partial charge on any atom is 0.264 e. The zero-order chi connectivity index (χ0) is 13.7. The summed E-state index contributed by atoms with van der Waals surface area (Å²) in [4.78, 5) is 13.9. The Balaban J connectivity index is 2.12. The molecular formula is C15H17N3O. The lowest BCUT2D eigenvalue weighted by atomic mass is 10.0. The molecule has 1 amide bonds. The van der Waals surface area contributed by atoms with E-state index in [9.17, 15) is 4.79 Å². The van der Waals surface area contributed by atoms with E-state index in [1.165, 1.54) is 0 Å². The number of nitrogens with zero attached hydrogens (tertiary/aromatic N) is 2. The molecule has 98 valence electrons. The van der Waals surface area contributed by atoms with Crippen LogP contribution < -0.4 is 5.73 Å². The van der Waals surface area contributed by atoms with Gasteiger partial charge in [0.15, 0.2) is 0 Å². The van der Waals surface area contributed by atoms with Crippen molar-refractivity contribution in [2.24, 2.45) is 5.73 Å². The van der Waals surface area contributed by atoms with E-state index in [0.29, 0.717) is 13.1 Å². The number of benzene rings is 1. The summed E-state index contributed by atoms with van der Waals surface area (Å²) in [6.07, 6.45) is 3.24. The molecule has 1 fully saturated rings. The van der Waals surface area contributed by atoms with E-state index in [1.807, 2.05) is 36.4 Å². The summed E-state index contributed by atoms with van der Waals surface area (Å²) < 4.78 is 0. The molecule has 0 bridgehead atoms. The Labute approximate surface area is 113 Å². The van der Waals surface area contributed by atoms with Gasteiger partial charge in [-0.25, -0.2) is 0 Å². The Morgan fingerprint density at radius 3 is 2.53 bits per heavy atom. The number of nitrogens with two attached hydrogens (primary N) is 1. The average molecular weight is 255 g/mol. The second kappa shape index (κ2) is 6.17. The SMILES string of the molecule is N#CC(=Cc1ccccc1)C(=O)N1CCC(N)CC1. The van der Waals surface area contributed by atoms with E-state index < -0.39 is 0 Å². The van der Waals surface area contributed by atoms with Gasteiger partial charge in [0.25, 0.3) is 5.91 Å². The summed E-state index contributed by atoms with van der Waals surface area (Å²) in [7, 11) is 0. The lowest BCUT2D eigenvalue weighted by Gasteiger charge is -2.29. The number of nitriles is 1. The number of amides is 1. The van der Waals surface area contributed by atoms with Crippen LogP contribution in [-0.2, 0) is 4.79 Å². The second-order valence-corrected chi connectivity index (χ2v) is 4.71. The summed E-state index contributed by atoms with van der Waals surface area (Å²) in [5.74, 6) is -0.196. The first-order chi connectivity index (χ1) is 9.20. The molecule has 1 aliphatic rings. The minimum atomic E-state index is -0.196. The molecule has 4 nitrogen and oxygen atoms in total. The first-order valence-corrected chi connectivity index (χ1v) is 6.42. The van der Waals surface area contributed by atoms with E-state index in [0.717, 1.165) is 18.4 Å². The fraction of sp³-hybridized carbons (Fsp3) is 0.333. The molecule has 2 N–H and O–H groups in total. The minimum absolute atomic E-state index is 0.174. The molecule has 0 spiro atoms. The van der Waals surface area contributed by atoms with Crippen molar-refractivity contribution < 1.29 is 4.79 Å². The van der Waals surface area contributed by atoms with Gasteiger partial charge in [0.2, 0.25) is 0 Å². The van der Waals surface area contributed by atoms with Crippen LogP contribution in [0.15, 0.2) is 35.9 Å². The molecule has 1 aromatic rings. The third-order valence-corrected chi connectivity index (χ3v) is 3.29. The van der Waals surface area contributed by atoms with Crippen molar-refractivity contribution in [1.82, 2.24) is 4.90 Å². The number of hydrogen-bond donors (Lipinski definition) is 1. The summed E-state index contributed by atoms with van der Waals surface area (Å²) in [6, 6.07) is 11.6. The van der Waals surface area contributed by atoms with Crippen molar-refractivity contribution in [1.29, 1.82) is 5.26 Å². The highest BCUT2D eigenvalue weighted by Crippen LogP contribution is 2.14. The molecule has 1 aliphatic heterocycles. The molecule has 1 saturated heterocycles. The van der Waals surface area contributed by atoms with E-state index in [1.54, 1.807) is 11.0 Å². The first kappa shape index (κ1) is 13.3. The Morgan fingerprint density at radius 1 is 1.32 bits per heavy atom. The van der Waals surface area contributed by atoms with E-state index in [-0.39, 0.29) is 17.5 Å². The van der Waals surface area contributed by atoms with Gasteiger partial charge in [-0.05, 0) is 24.5 Å². The van der Waals surface area contributed by atoms with Crippen LogP contribution in [0.4, 0.5) is 0 Å². The second-order valence-electron chi connectivity index (χ2n) is 4.71. The predicted molar refractivity (Wildman–Crippen MR) is 73.8 cm³/mol. The van der Waals surface area contributed by atoms with E-state index >= 15 is 0 Å². The third-order valence-electron chi connectivity index (χ3n) is 3.29. The summed E-state index contributed by atoms with van der Waals surface area (Å²) in [5.41, 5.74) is 6.86. The van der Waals surface area contributed by atoms with Gasteiger partial charge in [0.05, 0.1) is 0 Å². The van der Waals surface area contributed by atoms with Crippen molar-refractivity contribution in [3.63, 3.8) is 0 Å². The molecule has 4 heteroatoms. The fourth-order valence-electron chi connectivity index (χ4n) is 2.13. The Morgan fingerprint density at radius 2 is 1.95 bits per heavy atom. The zero-order valence-corrected chi connectivity index (χ0v) is 10.7. The quantitative estimate of drug-likeness (QED) is 0.643. The van der Waals surface area contributed by atoms with Gasteiger partial charge in [0, 0.05) is 19.1 Å². The smallest absolute Gasteiger partial charge is 0.264 e. The minimum Gasteiger partial charge on any atom is -0.338 e.